The Morgan fingerprint density at radius 3 is 2.81 bits per heavy atom. The number of aromatic nitrogens is 3. The van der Waals surface area contributed by atoms with Crippen molar-refractivity contribution in [2.24, 2.45) is 5.92 Å². The SMILES string of the molecule is O=C(c1ccc2[nH]ccc2c1)N1CCC(c2nccn2CC2CC2)CC1. The summed E-state index contributed by atoms with van der Waals surface area (Å²) in [6.07, 6.45) is 10.7. The first-order valence-electron chi connectivity index (χ1n) is 9.65. The van der Waals surface area contributed by atoms with E-state index >= 15 is 0 Å². The molecule has 134 valence electrons. The monoisotopic (exact) mass is 348 g/mol. The highest BCUT2D eigenvalue weighted by molar-refractivity contribution is 5.98. The molecule has 0 bridgehead atoms. The van der Waals surface area contributed by atoms with Crippen LogP contribution in [0.25, 0.3) is 10.9 Å². The predicted molar refractivity (Wildman–Crippen MR) is 101 cm³/mol. The van der Waals surface area contributed by atoms with Gasteiger partial charge in [0, 0.05) is 60.6 Å². The number of piperidine rings is 1. The van der Waals surface area contributed by atoms with Crippen LogP contribution in [0.5, 0.6) is 0 Å². The van der Waals surface area contributed by atoms with Crippen molar-refractivity contribution in [1.82, 2.24) is 19.4 Å². The number of carbonyl (C=O) groups is 1. The molecule has 2 aromatic heterocycles. The summed E-state index contributed by atoms with van der Waals surface area (Å²) < 4.78 is 2.35. The first-order valence-corrected chi connectivity index (χ1v) is 9.65. The molecule has 3 aromatic rings. The number of H-pyrrole nitrogens is 1. The molecule has 1 aliphatic carbocycles. The standard InChI is InChI=1S/C21H24N4O/c26-21(18-3-4-19-17(13-18)5-8-22-19)24-10-6-16(7-11-24)20-23-9-12-25(20)14-15-1-2-15/h3-5,8-9,12-13,15-16,22H,1-2,6-7,10-11,14H2. The molecule has 1 amide bonds. The predicted octanol–water partition coefficient (Wildman–Crippen LogP) is 3.79. The Labute approximate surface area is 153 Å². The van der Waals surface area contributed by atoms with Gasteiger partial charge in [-0.3, -0.25) is 4.79 Å². The zero-order valence-corrected chi connectivity index (χ0v) is 14.9. The van der Waals surface area contributed by atoms with Crippen molar-refractivity contribution in [3.63, 3.8) is 0 Å². The molecule has 2 fully saturated rings. The lowest BCUT2D eigenvalue weighted by molar-refractivity contribution is 0.0710. The molecule has 1 saturated carbocycles. The Morgan fingerprint density at radius 1 is 1.15 bits per heavy atom. The van der Waals surface area contributed by atoms with E-state index in [-0.39, 0.29) is 5.91 Å². The van der Waals surface area contributed by atoms with Crippen LogP contribution in [0, 0.1) is 5.92 Å². The first kappa shape index (κ1) is 15.7. The number of hydrogen-bond donors (Lipinski definition) is 1. The number of rotatable bonds is 4. The molecule has 1 aromatic carbocycles. The van der Waals surface area contributed by atoms with Gasteiger partial charge in [-0.2, -0.15) is 0 Å². The Hall–Kier alpha value is -2.56. The highest BCUT2D eigenvalue weighted by atomic mass is 16.2. The summed E-state index contributed by atoms with van der Waals surface area (Å²) in [4.78, 5) is 22.7. The Bertz CT molecular complexity index is 928. The average molecular weight is 348 g/mol. The van der Waals surface area contributed by atoms with Crippen molar-refractivity contribution in [2.45, 2.75) is 38.1 Å². The zero-order chi connectivity index (χ0) is 17.5. The van der Waals surface area contributed by atoms with Crippen LogP contribution < -0.4 is 0 Å². The van der Waals surface area contributed by atoms with Crippen LogP contribution >= 0.6 is 0 Å². The van der Waals surface area contributed by atoms with Gasteiger partial charge in [0.05, 0.1) is 0 Å². The molecule has 5 heteroatoms. The minimum atomic E-state index is 0.146. The number of imidazole rings is 1. The number of carbonyl (C=O) groups excluding carboxylic acids is 1. The summed E-state index contributed by atoms with van der Waals surface area (Å²) in [5, 5.41) is 1.09. The van der Waals surface area contributed by atoms with E-state index in [2.05, 4.69) is 20.7 Å². The number of nitrogens with one attached hydrogen (secondary N) is 1. The molecule has 3 heterocycles. The van der Waals surface area contributed by atoms with Crippen molar-refractivity contribution in [3.05, 3.63) is 54.2 Å². The fourth-order valence-corrected chi connectivity index (χ4v) is 4.12. The number of benzene rings is 1. The van der Waals surface area contributed by atoms with Crippen LogP contribution in [0.1, 0.15) is 47.8 Å². The zero-order valence-electron chi connectivity index (χ0n) is 14.9. The molecular formula is C21H24N4O. The number of amides is 1. The molecule has 1 aliphatic heterocycles. The Balaban J connectivity index is 1.26. The van der Waals surface area contributed by atoms with E-state index in [0.717, 1.165) is 54.9 Å². The number of hydrogen-bond acceptors (Lipinski definition) is 2. The highest BCUT2D eigenvalue weighted by Crippen LogP contribution is 2.33. The van der Waals surface area contributed by atoms with Crippen LogP contribution in [-0.4, -0.2) is 38.4 Å². The van der Waals surface area contributed by atoms with Gasteiger partial charge in [0.1, 0.15) is 5.82 Å². The van der Waals surface area contributed by atoms with Crippen LogP contribution in [-0.2, 0) is 6.54 Å². The largest absolute Gasteiger partial charge is 0.361 e. The Kier molecular flexibility index (Phi) is 3.80. The van der Waals surface area contributed by atoms with Crippen molar-refractivity contribution in [2.75, 3.05) is 13.1 Å². The number of likely N-dealkylation sites (tertiary alicyclic amines) is 1. The normalized spacial score (nSPS) is 18.5. The van der Waals surface area contributed by atoms with Crippen molar-refractivity contribution >= 4 is 16.8 Å². The quantitative estimate of drug-likeness (QED) is 0.780. The maximum absolute atomic E-state index is 12.9. The molecular weight excluding hydrogens is 324 g/mol. The van der Waals surface area contributed by atoms with Crippen LogP contribution in [0.3, 0.4) is 0 Å². The highest BCUT2D eigenvalue weighted by Gasteiger charge is 2.29. The summed E-state index contributed by atoms with van der Waals surface area (Å²) in [6.45, 7) is 2.74. The van der Waals surface area contributed by atoms with Crippen LogP contribution in [0.15, 0.2) is 42.9 Å². The first-order chi connectivity index (χ1) is 12.8. The lowest BCUT2D eigenvalue weighted by Crippen LogP contribution is -2.38. The van der Waals surface area contributed by atoms with Gasteiger partial charge in [0.15, 0.2) is 0 Å². The van der Waals surface area contributed by atoms with Crippen molar-refractivity contribution in [3.8, 4) is 0 Å². The summed E-state index contributed by atoms with van der Waals surface area (Å²) in [5.41, 5.74) is 1.86. The molecule has 1 saturated heterocycles. The molecule has 1 N–H and O–H groups in total. The second-order valence-corrected chi connectivity index (χ2v) is 7.73. The van der Waals surface area contributed by atoms with E-state index in [9.17, 15) is 4.79 Å². The molecule has 26 heavy (non-hydrogen) atoms. The summed E-state index contributed by atoms with van der Waals surface area (Å²) in [7, 11) is 0. The second-order valence-electron chi connectivity index (χ2n) is 7.73. The number of aromatic amines is 1. The van der Waals surface area contributed by atoms with E-state index in [1.165, 1.54) is 18.7 Å². The molecule has 0 unspecified atom stereocenters. The van der Waals surface area contributed by atoms with E-state index in [1.807, 2.05) is 41.6 Å². The Morgan fingerprint density at radius 2 is 2.00 bits per heavy atom. The second kappa shape index (κ2) is 6.31. The molecule has 0 atom stereocenters. The molecule has 0 spiro atoms. The third-order valence-corrected chi connectivity index (χ3v) is 5.85. The maximum Gasteiger partial charge on any atom is 0.253 e. The van der Waals surface area contributed by atoms with Gasteiger partial charge in [-0.15, -0.1) is 0 Å². The molecule has 2 aliphatic rings. The van der Waals surface area contributed by atoms with Gasteiger partial charge in [-0.1, -0.05) is 0 Å². The summed E-state index contributed by atoms with van der Waals surface area (Å²) in [5.74, 6) is 2.69. The van der Waals surface area contributed by atoms with E-state index in [4.69, 9.17) is 0 Å². The third-order valence-electron chi connectivity index (χ3n) is 5.85. The molecule has 0 radical (unpaired) electrons. The van der Waals surface area contributed by atoms with Gasteiger partial charge in [-0.25, -0.2) is 4.98 Å². The fraction of sp³-hybridized carbons (Fsp3) is 0.429. The summed E-state index contributed by atoms with van der Waals surface area (Å²) in [6, 6.07) is 7.92. The lowest BCUT2D eigenvalue weighted by Gasteiger charge is -2.32. The lowest BCUT2D eigenvalue weighted by atomic mass is 9.95. The van der Waals surface area contributed by atoms with Crippen LogP contribution in [0.2, 0.25) is 0 Å². The van der Waals surface area contributed by atoms with Gasteiger partial charge in [0.25, 0.3) is 5.91 Å². The number of fused-ring (bicyclic) bond motifs is 1. The molecule has 5 rings (SSSR count). The van der Waals surface area contributed by atoms with Crippen molar-refractivity contribution < 1.29 is 4.79 Å². The maximum atomic E-state index is 12.9. The van der Waals surface area contributed by atoms with Gasteiger partial charge in [0.2, 0.25) is 0 Å². The van der Waals surface area contributed by atoms with E-state index in [1.54, 1.807) is 0 Å². The van der Waals surface area contributed by atoms with E-state index in [0.29, 0.717) is 5.92 Å². The fourth-order valence-electron chi connectivity index (χ4n) is 4.12. The average Bonchev–Trinajstić information content (AvgIpc) is 3.17. The van der Waals surface area contributed by atoms with Crippen molar-refractivity contribution in [1.29, 1.82) is 0 Å². The van der Waals surface area contributed by atoms with Gasteiger partial charge < -0.3 is 14.5 Å². The minimum absolute atomic E-state index is 0.146. The summed E-state index contributed by atoms with van der Waals surface area (Å²) >= 11 is 0. The van der Waals surface area contributed by atoms with Gasteiger partial charge >= 0.3 is 0 Å². The van der Waals surface area contributed by atoms with Crippen LogP contribution in [0.4, 0.5) is 0 Å². The topological polar surface area (TPSA) is 53.9 Å². The third kappa shape index (κ3) is 2.91. The molecule has 5 nitrogen and oxygen atoms in total. The minimum Gasteiger partial charge on any atom is -0.361 e. The smallest absolute Gasteiger partial charge is 0.253 e. The van der Waals surface area contributed by atoms with E-state index < -0.39 is 0 Å². The number of nitrogens with zero attached hydrogens (tertiary/aromatic N) is 3. The van der Waals surface area contributed by atoms with Gasteiger partial charge in [-0.05, 0) is 55.9 Å².